The van der Waals surface area contributed by atoms with Gasteiger partial charge < -0.3 is 13.7 Å². The summed E-state index contributed by atoms with van der Waals surface area (Å²) in [5.41, 5.74) is 1.33. The van der Waals surface area contributed by atoms with Crippen LogP contribution < -0.4 is 0 Å². The molecule has 0 spiro atoms. The molecular formula is C17H18ClNO4. The van der Waals surface area contributed by atoms with Crippen LogP contribution in [0.15, 0.2) is 28.9 Å². The number of hydrogen-bond donors (Lipinski definition) is 0. The second-order valence-corrected chi connectivity index (χ2v) is 6.37. The molecule has 23 heavy (non-hydrogen) atoms. The van der Waals surface area contributed by atoms with E-state index in [-0.39, 0.29) is 29.5 Å². The summed E-state index contributed by atoms with van der Waals surface area (Å²) < 4.78 is 12.4. The van der Waals surface area contributed by atoms with Gasteiger partial charge in [0.25, 0.3) is 0 Å². The van der Waals surface area contributed by atoms with E-state index in [0.717, 1.165) is 18.5 Å². The highest BCUT2D eigenvalue weighted by molar-refractivity contribution is 6.31. The summed E-state index contributed by atoms with van der Waals surface area (Å²) in [5, 5.41) is 0.386. The molecule has 0 amide bonds. The van der Waals surface area contributed by atoms with Crippen molar-refractivity contribution in [3.8, 4) is 0 Å². The summed E-state index contributed by atoms with van der Waals surface area (Å²) in [6.45, 7) is 4.36. The highest BCUT2D eigenvalue weighted by Crippen LogP contribution is 2.32. The molecule has 0 fully saturated rings. The molecule has 0 aliphatic carbocycles. The van der Waals surface area contributed by atoms with Crippen LogP contribution in [-0.4, -0.2) is 22.4 Å². The van der Waals surface area contributed by atoms with Gasteiger partial charge in [-0.2, -0.15) is 0 Å². The van der Waals surface area contributed by atoms with Gasteiger partial charge in [0, 0.05) is 18.3 Å². The number of nitrogens with zero attached hydrogens (tertiary/aromatic N) is 1. The SMILES string of the molecule is CC(C)OC(=O)C1CCCn2c(C(=O)c3cc(Cl)co3)ccc21. The normalized spacial score (nSPS) is 17.1. The minimum Gasteiger partial charge on any atom is -0.462 e. The first-order valence-corrected chi connectivity index (χ1v) is 8.04. The largest absolute Gasteiger partial charge is 0.462 e. The minimum absolute atomic E-state index is 0.154. The van der Waals surface area contributed by atoms with E-state index >= 15 is 0 Å². The fraction of sp³-hybridized carbons (Fsp3) is 0.412. The quantitative estimate of drug-likeness (QED) is 0.630. The molecule has 0 aromatic carbocycles. The Morgan fingerprint density at radius 1 is 1.39 bits per heavy atom. The van der Waals surface area contributed by atoms with Crippen molar-refractivity contribution in [1.29, 1.82) is 0 Å². The van der Waals surface area contributed by atoms with Crippen molar-refractivity contribution in [3.05, 3.63) is 46.6 Å². The Bertz CT molecular complexity index is 744. The van der Waals surface area contributed by atoms with Gasteiger partial charge in [-0.15, -0.1) is 0 Å². The Morgan fingerprint density at radius 2 is 2.17 bits per heavy atom. The molecule has 1 unspecified atom stereocenters. The van der Waals surface area contributed by atoms with E-state index < -0.39 is 0 Å². The fourth-order valence-electron chi connectivity index (χ4n) is 2.95. The van der Waals surface area contributed by atoms with Crippen LogP contribution in [0, 0.1) is 0 Å². The zero-order valence-corrected chi connectivity index (χ0v) is 13.8. The Labute approximate surface area is 139 Å². The van der Waals surface area contributed by atoms with Gasteiger partial charge in [0.05, 0.1) is 22.7 Å². The topological polar surface area (TPSA) is 61.4 Å². The predicted octanol–water partition coefficient (Wildman–Crippen LogP) is 3.79. The fourth-order valence-corrected chi connectivity index (χ4v) is 3.09. The lowest BCUT2D eigenvalue weighted by atomic mass is 9.96. The van der Waals surface area contributed by atoms with Crippen LogP contribution in [-0.2, 0) is 16.1 Å². The molecule has 0 saturated carbocycles. The summed E-state index contributed by atoms with van der Waals surface area (Å²) >= 11 is 5.81. The number of furan rings is 1. The van der Waals surface area contributed by atoms with Crippen molar-refractivity contribution >= 4 is 23.4 Å². The first kappa shape index (κ1) is 15.9. The Hall–Kier alpha value is -2.01. The number of aromatic nitrogens is 1. The average Bonchev–Trinajstić information content (AvgIpc) is 3.11. The molecule has 3 rings (SSSR count). The number of hydrogen-bond acceptors (Lipinski definition) is 4. The number of rotatable bonds is 4. The lowest BCUT2D eigenvalue weighted by Gasteiger charge is -2.25. The number of carbonyl (C=O) groups is 2. The zero-order chi connectivity index (χ0) is 16.6. The van der Waals surface area contributed by atoms with Crippen molar-refractivity contribution in [3.63, 3.8) is 0 Å². The van der Waals surface area contributed by atoms with Crippen LogP contribution in [0.25, 0.3) is 0 Å². The number of esters is 1. The summed E-state index contributed by atoms with van der Waals surface area (Å²) in [6.07, 6.45) is 2.73. The van der Waals surface area contributed by atoms with Gasteiger partial charge in [-0.3, -0.25) is 9.59 Å². The molecule has 2 aromatic heterocycles. The number of ketones is 1. The maximum atomic E-state index is 12.6. The van der Waals surface area contributed by atoms with Crippen LogP contribution in [0.3, 0.4) is 0 Å². The zero-order valence-electron chi connectivity index (χ0n) is 13.0. The van der Waals surface area contributed by atoms with Gasteiger partial charge >= 0.3 is 5.97 Å². The van der Waals surface area contributed by atoms with Gasteiger partial charge in [0.2, 0.25) is 5.78 Å². The van der Waals surface area contributed by atoms with Crippen molar-refractivity contribution < 1.29 is 18.7 Å². The minimum atomic E-state index is -0.326. The third-order valence-corrected chi connectivity index (χ3v) is 4.10. The van der Waals surface area contributed by atoms with E-state index in [9.17, 15) is 9.59 Å². The molecular weight excluding hydrogens is 318 g/mol. The van der Waals surface area contributed by atoms with Gasteiger partial charge in [0.1, 0.15) is 6.26 Å². The maximum absolute atomic E-state index is 12.6. The standard InChI is InChI=1S/C17H18ClNO4/c1-10(2)23-17(21)12-4-3-7-19-13(12)5-6-14(19)16(20)15-8-11(18)9-22-15/h5-6,8-10,12H,3-4,7H2,1-2H3. The second-order valence-electron chi connectivity index (χ2n) is 5.93. The lowest BCUT2D eigenvalue weighted by molar-refractivity contribution is -0.149. The van der Waals surface area contributed by atoms with Crippen LogP contribution in [0.1, 0.15) is 54.5 Å². The van der Waals surface area contributed by atoms with E-state index in [0.29, 0.717) is 17.3 Å². The molecule has 3 heterocycles. The Balaban J connectivity index is 1.91. The number of halogens is 1. The van der Waals surface area contributed by atoms with Crippen molar-refractivity contribution in [2.24, 2.45) is 0 Å². The molecule has 122 valence electrons. The third kappa shape index (κ3) is 3.06. The number of ether oxygens (including phenoxy) is 1. The first-order valence-electron chi connectivity index (χ1n) is 7.66. The molecule has 6 heteroatoms. The molecule has 0 saturated heterocycles. The van der Waals surface area contributed by atoms with Gasteiger partial charge in [0.15, 0.2) is 5.76 Å². The molecule has 2 aromatic rings. The summed E-state index contributed by atoms with van der Waals surface area (Å²) in [7, 11) is 0. The molecule has 5 nitrogen and oxygen atoms in total. The maximum Gasteiger partial charge on any atom is 0.315 e. The Kier molecular flexibility index (Phi) is 4.31. The highest BCUT2D eigenvalue weighted by atomic mass is 35.5. The van der Waals surface area contributed by atoms with E-state index in [4.69, 9.17) is 20.8 Å². The van der Waals surface area contributed by atoms with Crippen LogP contribution >= 0.6 is 11.6 Å². The first-order chi connectivity index (χ1) is 11.0. The van der Waals surface area contributed by atoms with Gasteiger partial charge in [-0.25, -0.2) is 0 Å². The van der Waals surface area contributed by atoms with E-state index in [2.05, 4.69) is 0 Å². The monoisotopic (exact) mass is 335 g/mol. The molecule has 1 aliphatic rings. The van der Waals surface area contributed by atoms with Gasteiger partial charge in [-0.05, 0) is 38.8 Å². The van der Waals surface area contributed by atoms with Crippen molar-refractivity contribution in [2.75, 3.05) is 0 Å². The van der Waals surface area contributed by atoms with E-state index in [1.165, 1.54) is 12.3 Å². The summed E-state index contributed by atoms with van der Waals surface area (Å²) in [4.78, 5) is 24.8. The van der Waals surface area contributed by atoms with Crippen molar-refractivity contribution in [2.45, 2.75) is 45.3 Å². The van der Waals surface area contributed by atoms with Gasteiger partial charge in [-0.1, -0.05) is 11.6 Å². The average molecular weight is 336 g/mol. The second kappa shape index (κ2) is 6.24. The molecule has 1 atom stereocenters. The molecule has 0 N–H and O–H groups in total. The highest BCUT2D eigenvalue weighted by Gasteiger charge is 2.31. The van der Waals surface area contributed by atoms with Crippen molar-refractivity contribution in [1.82, 2.24) is 4.57 Å². The summed E-state index contributed by atoms with van der Waals surface area (Å²) in [6, 6.07) is 5.05. The number of fused-ring (bicyclic) bond motifs is 1. The van der Waals surface area contributed by atoms with Crippen LogP contribution in [0.4, 0.5) is 0 Å². The third-order valence-electron chi connectivity index (χ3n) is 3.91. The summed E-state index contributed by atoms with van der Waals surface area (Å²) in [5.74, 6) is -0.601. The molecule has 1 aliphatic heterocycles. The lowest BCUT2D eigenvalue weighted by Crippen LogP contribution is -2.27. The van der Waals surface area contributed by atoms with E-state index in [1.54, 1.807) is 6.07 Å². The van der Waals surface area contributed by atoms with Crippen LogP contribution in [0.2, 0.25) is 5.02 Å². The van der Waals surface area contributed by atoms with E-state index in [1.807, 2.05) is 24.5 Å². The van der Waals surface area contributed by atoms with Crippen LogP contribution in [0.5, 0.6) is 0 Å². The molecule has 0 radical (unpaired) electrons. The molecule has 0 bridgehead atoms. The predicted molar refractivity (Wildman–Crippen MR) is 84.8 cm³/mol. The Morgan fingerprint density at radius 3 is 2.83 bits per heavy atom. The smallest absolute Gasteiger partial charge is 0.315 e. The number of carbonyl (C=O) groups excluding carboxylic acids is 2.